The first-order valence-electron chi connectivity index (χ1n) is 3.48. The van der Waals surface area contributed by atoms with Gasteiger partial charge in [-0.1, -0.05) is 11.6 Å². The molecule has 0 atom stereocenters. The van der Waals surface area contributed by atoms with E-state index in [0.717, 1.165) is 4.34 Å². The molecular formula is C6H4ClN5S2. The standard InChI is InChI=1S/C6H4ClN5S2/c7-3-4(8)9-1-10-5(3)13-6-11-2-12-14-6/h1-2H,(H2,8,9,10). The van der Waals surface area contributed by atoms with Gasteiger partial charge in [-0.2, -0.15) is 4.37 Å². The number of aromatic nitrogens is 4. The fourth-order valence-electron chi connectivity index (χ4n) is 0.728. The van der Waals surface area contributed by atoms with Gasteiger partial charge < -0.3 is 5.73 Å². The Morgan fingerprint density at radius 3 is 2.86 bits per heavy atom. The first-order valence-corrected chi connectivity index (χ1v) is 5.44. The summed E-state index contributed by atoms with van der Waals surface area (Å²) in [5.41, 5.74) is 5.52. The molecule has 0 aliphatic heterocycles. The lowest BCUT2D eigenvalue weighted by atomic mass is 10.6. The molecule has 0 bridgehead atoms. The minimum absolute atomic E-state index is 0.272. The van der Waals surface area contributed by atoms with Gasteiger partial charge in [0.1, 0.15) is 28.5 Å². The largest absolute Gasteiger partial charge is 0.382 e. The van der Waals surface area contributed by atoms with Gasteiger partial charge in [-0.25, -0.2) is 15.0 Å². The Hall–Kier alpha value is -0.920. The van der Waals surface area contributed by atoms with E-state index >= 15 is 0 Å². The maximum atomic E-state index is 5.90. The molecule has 8 heteroatoms. The summed E-state index contributed by atoms with van der Waals surface area (Å²) < 4.78 is 4.63. The fraction of sp³-hybridized carbons (Fsp3) is 0. The van der Waals surface area contributed by atoms with Crippen LogP contribution in [-0.2, 0) is 0 Å². The molecule has 14 heavy (non-hydrogen) atoms. The molecule has 5 nitrogen and oxygen atoms in total. The zero-order chi connectivity index (χ0) is 9.97. The molecule has 2 N–H and O–H groups in total. The van der Waals surface area contributed by atoms with Crippen LogP contribution in [0.25, 0.3) is 0 Å². The van der Waals surface area contributed by atoms with E-state index in [-0.39, 0.29) is 5.82 Å². The molecule has 0 saturated carbocycles. The molecule has 0 amide bonds. The normalized spacial score (nSPS) is 10.4. The average Bonchev–Trinajstić information content (AvgIpc) is 2.66. The lowest BCUT2D eigenvalue weighted by Crippen LogP contribution is -1.94. The van der Waals surface area contributed by atoms with Gasteiger partial charge in [-0.15, -0.1) is 0 Å². The van der Waals surface area contributed by atoms with Crippen molar-refractivity contribution in [2.75, 3.05) is 5.73 Å². The van der Waals surface area contributed by atoms with Crippen molar-refractivity contribution in [1.29, 1.82) is 0 Å². The highest BCUT2D eigenvalue weighted by molar-refractivity contribution is 8.01. The third-order valence-electron chi connectivity index (χ3n) is 1.31. The van der Waals surface area contributed by atoms with Crippen LogP contribution in [0.1, 0.15) is 0 Å². The Morgan fingerprint density at radius 1 is 1.29 bits per heavy atom. The minimum atomic E-state index is 0.272. The van der Waals surface area contributed by atoms with Crippen LogP contribution in [0, 0.1) is 0 Å². The van der Waals surface area contributed by atoms with Crippen LogP contribution in [0.15, 0.2) is 22.0 Å². The molecule has 2 heterocycles. The third kappa shape index (κ3) is 1.94. The predicted octanol–water partition coefficient (Wildman–Crippen LogP) is 1.71. The van der Waals surface area contributed by atoms with Crippen LogP contribution >= 0.6 is 34.9 Å². The summed E-state index contributed by atoms with van der Waals surface area (Å²) in [6.07, 6.45) is 2.84. The van der Waals surface area contributed by atoms with Crippen molar-refractivity contribution >= 4 is 40.7 Å². The smallest absolute Gasteiger partial charge is 0.176 e. The topological polar surface area (TPSA) is 77.6 Å². The third-order valence-corrected chi connectivity index (χ3v) is 3.51. The summed E-state index contributed by atoms with van der Waals surface area (Å²) in [5.74, 6) is 0.272. The number of anilines is 1. The van der Waals surface area contributed by atoms with Gasteiger partial charge in [-0.3, -0.25) is 0 Å². The molecule has 2 aromatic heterocycles. The van der Waals surface area contributed by atoms with Crippen molar-refractivity contribution < 1.29 is 0 Å². The second-order valence-electron chi connectivity index (χ2n) is 2.19. The molecule has 72 valence electrons. The van der Waals surface area contributed by atoms with E-state index < -0.39 is 0 Å². The fourth-order valence-corrected chi connectivity index (χ4v) is 2.29. The Kier molecular flexibility index (Phi) is 2.80. The number of nitrogens with zero attached hydrogens (tertiary/aromatic N) is 4. The van der Waals surface area contributed by atoms with E-state index in [0.29, 0.717) is 10.0 Å². The van der Waals surface area contributed by atoms with Gasteiger partial charge >= 0.3 is 0 Å². The lowest BCUT2D eigenvalue weighted by Gasteiger charge is -2.00. The molecule has 0 aliphatic rings. The van der Waals surface area contributed by atoms with E-state index in [9.17, 15) is 0 Å². The van der Waals surface area contributed by atoms with Gasteiger partial charge in [0.2, 0.25) is 0 Å². The van der Waals surface area contributed by atoms with Crippen LogP contribution in [0.2, 0.25) is 5.02 Å². The second-order valence-corrected chi connectivity index (χ2v) is 4.58. The Balaban J connectivity index is 2.29. The molecule has 0 aliphatic carbocycles. The maximum absolute atomic E-state index is 5.90. The minimum Gasteiger partial charge on any atom is -0.382 e. The molecule has 0 aromatic carbocycles. The van der Waals surface area contributed by atoms with Gasteiger partial charge in [0.25, 0.3) is 0 Å². The highest BCUT2D eigenvalue weighted by Crippen LogP contribution is 2.33. The summed E-state index contributed by atoms with van der Waals surface area (Å²) in [5, 5.41) is 0.948. The van der Waals surface area contributed by atoms with Crippen molar-refractivity contribution in [3.8, 4) is 0 Å². The van der Waals surface area contributed by atoms with Gasteiger partial charge in [0.15, 0.2) is 4.34 Å². The monoisotopic (exact) mass is 245 g/mol. The number of hydrogen-bond acceptors (Lipinski definition) is 7. The van der Waals surface area contributed by atoms with E-state index in [2.05, 4.69) is 19.3 Å². The van der Waals surface area contributed by atoms with E-state index in [1.165, 1.54) is 35.9 Å². The molecule has 0 fully saturated rings. The number of nitrogens with two attached hydrogens (primary N) is 1. The molecule has 0 spiro atoms. The maximum Gasteiger partial charge on any atom is 0.176 e. The molecule has 2 aromatic rings. The second kappa shape index (κ2) is 4.07. The Bertz CT molecular complexity index is 432. The number of nitrogen functional groups attached to an aromatic ring is 1. The molecule has 2 rings (SSSR count). The zero-order valence-electron chi connectivity index (χ0n) is 6.72. The number of rotatable bonds is 2. The van der Waals surface area contributed by atoms with Crippen molar-refractivity contribution in [2.45, 2.75) is 9.37 Å². The summed E-state index contributed by atoms with van der Waals surface area (Å²) >= 11 is 8.49. The Labute approximate surface area is 92.9 Å². The van der Waals surface area contributed by atoms with Crippen LogP contribution in [0.3, 0.4) is 0 Å². The summed E-state index contributed by atoms with van der Waals surface area (Å²) in [7, 11) is 0. The van der Waals surface area contributed by atoms with Gasteiger partial charge in [0.05, 0.1) is 0 Å². The number of hydrogen-bond donors (Lipinski definition) is 1. The van der Waals surface area contributed by atoms with Crippen molar-refractivity contribution in [3.63, 3.8) is 0 Å². The van der Waals surface area contributed by atoms with E-state index in [1.807, 2.05) is 0 Å². The van der Waals surface area contributed by atoms with E-state index in [1.54, 1.807) is 0 Å². The van der Waals surface area contributed by atoms with E-state index in [4.69, 9.17) is 17.3 Å². The van der Waals surface area contributed by atoms with Gasteiger partial charge in [0, 0.05) is 0 Å². The van der Waals surface area contributed by atoms with Crippen molar-refractivity contribution in [2.24, 2.45) is 0 Å². The SMILES string of the molecule is Nc1ncnc(Sc2ncns2)c1Cl. The quantitative estimate of drug-likeness (QED) is 0.812. The Morgan fingerprint density at radius 2 is 2.14 bits per heavy atom. The first kappa shape index (κ1) is 9.63. The van der Waals surface area contributed by atoms with Crippen LogP contribution in [0.4, 0.5) is 5.82 Å². The van der Waals surface area contributed by atoms with Crippen LogP contribution in [0.5, 0.6) is 0 Å². The van der Waals surface area contributed by atoms with Crippen molar-refractivity contribution in [3.05, 3.63) is 17.7 Å². The highest BCUT2D eigenvalue weighted by atomic mass is 35.5. The highest BCUT2D eigenvalue weighted by Gasteiger charge is 2.09. The average molecular weight is 246 g/mol. The summed E-state index contributed by atoms with van der Waals surface area (Å²) in [4.78, 5) is 11.7. The van der Waals surface area contributed by atoms with Crippen LogP contribution < -0.4 is 5.73 Å². The lowest BCUT2D eigenvalue weighted by molar-refractivity contribution is 1.05. The van der Waals surface area contributed by atoms with Crippen molar-refractivity contribution in [1.82, 2.24) is 19.3 Å². The summed E-state index contributed by atoms with van der Waals surface area (Å²) in [6.45, 7) is 0. The summed E-state index contributed by atoms with van der Waals surface area (Å²) in [6, 6.07) is 0. The zero-order valence-corrected chi connectivity index (χ0v) is 9.10. The molecular weight excluding hydrogens is 242 g/mol. The van der Waals surface area contributed by atoms with Crippen LogP contribution in [-0.4, -0.2) is 19.3 Å². The first-order chi connectivity index (χ1) is 6.77. The van der Waals surface area contributed by atoms with Gasteiger partial charge in [-0.05, 0) is 23.3 Å². The molecule has 0 saturated heterocycles. The molecule has 0 unspecified atom stereocenters. The number of halogens is 1. The molecule has 0 radical (unpaired) electrons. The predicted molar refractivity (Wildman–Crippen MR) is 55.5 cm³/mol.